The molecule has 0 aliphatic heterocycles. The SMILES string of the molecule is CCc1nnc(NCc2cccc(Cn3ccnc3C)c2)c(C#N)c1CC. The third kappa shape index (κ3) is 4.14. The Labute approximate surface area is 159 Å². The van der Waals surface area contributed by atoms with Gasteiger partial charge in [-0.25, -0.2) is 4.98 Å². The number of imidazole rings is 1. The number of anilines is 1. The average molecular weight is 360 g/mol. The van der Waals surface area contributed by atoms with E-state index in [1.54, 1.807) is 0 Å². The molecule has 0 unspecified atom stereocenters. The van der Waals surface area contributed by atoms with Crippen LogP contribution in [-0.4, -0.2) is 19.7 Å². The summed E-state index contributed by atoms with van der Waals surface area (Å²) in [5.74, 6) is 1.55. The van der Waals surface area contributed by atoms with Gasteiger partial charge in [0.1, 0.15) is 17.5 Å². The number of aromatic nitrogens is 4. The Balaban J connectivity index is 1.77. The molecule has 0 atom stereocenters. The monoisotopic (exact) mass is 360 g/mol. The minimum Gasteiger partial charge on any atom is -0.363 e. The molecule has 0 aliphatic rings. The van der Waals surface area contributed by atoms with Gasteiger partial charge in [-0.1, -0.05) is 38.1 Å². The number of nitriles is 1. The van der Waals surface area contributed by atoms with E-state index in [0.717, 1.165) is 42.0 Å². The molecule has 0 radical (unpaired) electrons. The van der Waals surface area contributed by atoms with Gasteiger partial charge in [0, 0.05) is 25.5 Å². The zero-order valence-corrected chi connectivity index (χ0v) is 16.0. The van der Waals surface area contributed by atoms with Gasteiger partial charge in [-0.05, 0) is 36.5 Å². The molecule has 0 bridgehead atoms. The highest BCUT2D eigenvalue weighted by atomic mass is 15.2. The summed E-state index contributed by atoms with van der Waals surface area (Å²) < 4.78 is 2.11. The molecule has 0 amide bonds. The fourth-order valence-corrected chi connectivity index (χ4v) is 3.21. The summed E-state index contributed by atoms with van der Waals surface area (Å²) >= 11 is 0. The number of aryl methyl sites for hydroxylation is 2. The van der Waals surface area contributed by atoms with Crippen molar-refractivity contribution in [1.82, 2.24) is 19.7 Å². The van der Waals surface area contributed by atoms with Crippen LogP contribution < -0.4 is 5.32 Å². The van der Waals surface area contributed by atoms with Gasteiger partial charge < -0.3 is 9.88 Å². The van der Waals surface area contributed by atoms with Gasteiger partial charge in [-0.3, -0.25) is 0 Å². The lowest BCUT2D eigenvalue weighted by Crippen LogP contribution is -2.10. The zero-order chi connectivity index (χ0) is 19.2. The van der Waals surface area contributed by atoms with Crippen LogP contribution in [0, 0.1) is 18.3 Å². The van der Waals surface area contributed by atoms with Gasteiger partial charge in [0.15, 0.2) is 5.82 Å². The van der Waals surface area contributed by atoms with E-state index in [1.165, 1.54) is 5.56 Å². The van der Waals surface area contributed by atoms with Crippen LogP contribution in [-0.2, 0) is 25.9 Å². The maximum atomic E-state index is 9.59. The summed E-state index contributed by atoms with van der Waals surface area (Å²) in [7, 11) is 0. The first kappa shape index (κ1) is 18.6. The van der Waals surface area contributed by atoms with E-state index in [2.05, 4.69) is 49.3 Å². The second-order valence-corrected chi connectivity index (χ2v) is 6.44. The molecular weight excluding hydrogens is 336 g/mol. The lowest BCUT2D eigenvalue weighted by molar-refractivity contribution is 0.760. The molecule has 2 heterocycles. The first-order chi connectivity index (χ1) is 13.2. The van der Waals surface area contributed by atoms with Gasteiger partial charge in [0.25, 0.3) is 0 Å². The van der Waals surface area contributed by atoms with Crippen molar-refractivity contribution < 1.29 is 0 Å². The van der Waals surface area contributed by atoms with Crippen molar-refractivity contribution in [2.75, 3.05) is 5.32 Å². The molecule has 27 heavy (non-hydrogen) atoms. The van der Waals surface area contributed by atoms with Crippen LogP contribution in [0.5, 0.6) is 0 Å². The van der Waals surface area contributed by atoms with Gasteiger partial charge in [0.05, 0.1) is 5.69 Å². The van der Waals surface area contributed by atoms with E-state index in [4.69, 9.17) is 0 Å². The Morgan fingerprint density at radius 1 is 1.15 bits per heavy atom. The van der Waals surface area contributed by atoms with Crippen LogP contribution in [0.25, 0.3) is 0 Å². The standard InChI is InChI=1S/C21H24N6/c1-4-18-19(12-22)21(26-25-20(18)5-2)24-13-16-7-6-8-17(11-16)14-27-10-9-23-15(27)3/h6-11H,4-5,13-14H2,1-3H3,(H,24,26). The predicted octanol–water partition coefficient (Wildman–Crippen LogP) is 3.64. The summed E-state index contributed by atoms with van der Waals surface area (Å²) in [4.78, 5) is 4.27. The Bertz CT molecular complexity index is 967. The molecule has 0 aliphatic carbocycles. The maximum absolute atomic E-state index is 9.59. The third-order valence-corrected chi connectivity index (χ3v) is 4.69. The van der Waals surface area contributed by atoms with E-state index in [-0.39, 0.29) is 0 Å². The number of nitrogens with zero attached hydrogens (tertiary/aromatic N) is 5. The quantitative estimate of drug-likeness (QED) is 0.696. The van der Waals surface area contributed by atoms with Crippen LogP contribution in [0.1, 0.15) is 47.6 Å². The van der Waals surface area contributed by atoms with E-state index in [9.17, 15) is 5.26 Å². The fourth-order valence-electron chi connectivity index (χ4n) is 3.21. The number of nitrogens with one attached hydrogen (secondary N) is 1. The topological polar surface area (TPSA) is 79.4 Å². The molecule has 138 valence electrons. The number of rotatable bonds is 7. The van der Waals surface area contributed by atoms with Gasteiger partial charge in [-0.2, -0.15) is 10.4 Å². The Morgan fingerprint density at radius 2 is 1.96 bits per heavy atom. The van der Waals surface area contributed by atoms with Crippen LogP contribution in [0.2, 0.25) is 0 Å². The Hall–Kier alpha value is -3.20. The molecule has 0 spiro atoms. The Kier molecular flexibility index (Phi) is 5.82. The Morgan fingerprint density at radius 3 is 2.63 bits per heavy atom. The summed E-state index contributed by atoms with van der Waals surface area (Å²) in [6.45, 7) is 7.45. The van der Waals surface area contributed by atoms with Crippen LogP contribution in [0.3, 0.4) is 0 Å². The molecule has 3 rings (SSSR count). The highest BCUT2D eigenvalue weighted by Crippen LogP contribution is 2.20. The van der Waals surface area contributed by atoms with Crippen molar-refractivity contribution in [2.24, 2.45) is 0 Å². The summed E-state index contributed by atoms with van der Waals surface area (Å²) in [5.41, 5.74) is 4.83. The predicted molar refractivity (Wildman–Crippen MR) is 105 cm³/mol. The van der Waals surface area contributed by atoms with Crippen molar-refractivity contribution in [3.05, 3.63) is 70.4 Å². The van der Waals surface area contributed by atoms with E-state index < -0.39 is 0 Å². The summed E-state index contributed by atoms with van der Waals surface area (Å²) in [6, 6.07) is 10.7. The lowest BCUT2D eigenvalue weighted by atomic mass is 10.0. The second kappa shape index (κ2) is 8.45. The highest BCUT2D eigenvalue weighted by Gasteiger charge is 2.14. The van der Waals surface area contributed by atoms with Gasteiger partial charge >= 0.3 is 0 Å². The average Bonchev–Trinajstić information content (AvgIpc) is 3.10. The molecule has 1 N–H and O–H groups in total. The normalized spacial score (nSPS) is 10.6. The van der Waals surface area contributed by atoms with Crippen LogP contribution in [0.15, 0.2) is 36.7 Å². The third-order valence-electron chi connectivity index (χ3n) is 4.69. The number of hydrogen-bond acceptors (Lipinski definition) is 5. The first-order valence-corrected chi connectivity index (χ1v) is 9.24. The number of hydrogen-bond donors (Lipinski definition) is 1. The van der Waals surface area contributed by atoms with E-state index >= 15 is 0 Å². The molecule has 6 nitrogen and oxygen atoms in total. The van der Waals surface area contributed by atoms with Gasteiger partial charge in [0.2, 0.25) is 0 Å². The van der Waals surface area contributed by atoms with Crippen molar-refractivity contribution in [1.29, 1.82) is 5.26 Å². The van der Waals surface area contributed by atoms with Crippen molar-refractivity contribution in [3.63, 3.8) is 0 Å². The second-order valence-electron chi connectivity index (χ2n) is 6.44. The smallest absolute Gasteiger partial charge is 0.167 e. The molecule has 1 aromatic carbocycles. The first-order valence-electron chi connectivity index (χ1n) is 9.24. The van der Waals surface area contributed by atoms with E-state index in [1.807, 2.05) is 39.2 Å². The van der Waals surface area contributed by atoms with Gasteiger partial charge in [-0.15, -0.1) is 5.10 Å². The highest BCUT2D eigenvalue weighted by molar-refractivity contribution is 5.56. The van der Waals surface area contributed by atoms with Crippen molar-refractivity contribution in [2.45, 2.75) is 46.7 Å². The maximum Gasteiger partial charge on any atom is 0.167 e. The number of benzene rings is 1. The van der Waals surface area contributed by atoms with Crippen LogP contribution >= 0.6 is 0 Å². The summed E-state index contributed by atoms with van der Waals surface area (Å²) in [5, 5.41) is 21.4. The zero-order valence-electron chi connectivity index (χ0n) is 16.0. The molecule has 3 aromatic rings. The minimum absolute atomic E-state index is 0.558. The molecule has 6 heteroatoms. The van der Waals surface area contributed by atoms with Crippen LogP contribution in [0.4, 0.5) is 5.82 Å². The minimum atomic E-state index is 0.558. The lowest BCUT2D eigenvalue weighted by Gasteiger charge is -2.13. The molecule has 0 fully saturated rings. The summed E-state index contributed by atoms with van der Waals surface area (Å²) in [6.07, 6.45) is 5.35. The van der Waals surface area contributed by atoms with E-state index in [0.29, 0.717) is 17.9 Å². The largest absolute Gasteiger partial charge is 0.363 e. The molecular formula is C21H24N6. The fraction of sp³-hybridized carbons (Fsp3) is 0.333. The molecule has 0 saturated heterocycles. The van der Waals surface area contributed by atoms with Crippen molar-refractivity contribution in [3.8, 4) is 6.07 Å². The molecule has 0 saturated carbocycles. The molecule has 2 aromatic heterocycles. The van der Waals surface area contributed by atoms with Crippen molar-refractivity contribution >= 4 is 5.82 Å².